The number of nitrogens with one attached hydrogen (secondary N) is 1. The summed E-state index contributed by atoms with van der Waals surface area (Å²) < 4.78 is 25.0. The predicted octanol–water partition coefficient (Wildman–Crippen LogP) is 3.15. The van der Waals surface area contributed by atoms with Crippen molar-refractivity contribution < 1.29 is 8.42 Å². The summed E-state index contributed by atoms with van der Waals surface area (Å²) in [5.74, 6) is 3.05. The minimum atomic E-state index is -2.87. The molecule has 4 heteroatoms. The van der Waals surface area contributed by atoms with Crippen LogP contribution in [0.3, 0.4) is 0 Å². The molecule has 21 heavy (non-hydrogen) atoms. The lowest BCUT2D eigenvalue weighted by Crippen LogP contribution is -2.48. The van der Waals surface area contributed by atoms with Gasteiger partial charge in [0, 0.05) is 6.04 Å². The van der Waals surface area contributed by atoms with Gasteiger partial charge in [0.25, 0.3) is 0 Å². The molecule has 2 saturated carbocycles. The Morgan fingerprint density at radius 1 is 1.14 bits per heavy atom. The third-order valence-electron chi connectivity index (χ3n) is 6.18. The number of hydrogen-bond donors (Lipinski definition) is 1. The Morgan fingerprint density at radius 2 is 2.00 bits per heavy atom. The molecule has 1 heterocycles. The fraction of sp³-hybridized carbons (Fsp3) is 1.00. The van der Waals surface area contributed by atoms with E-state index in [0.717, 1.165) is 56.4 Å². The summed E-state index contributed by atoms with van der Waals surface area (Å²) in [5.41, 5.74) is 0. The van der Waals surface area contributed by atoms with Gasteiger partial charge < -0.3 is 5.32 Å². The first-order chi connectivity index (χ1) is 10.1. The molecule has 3 aliphatic rings. The van der Waals surface area contributed by atoms with Crippen molar-refractivity contribution in [2.45, 2.75) is 76.0 Å². The Morgan fingerprint density at radius 3 is 2.62 bits per heavy atom. The fourth-order valence-corrected chi connectivity index (χ4v) is 7.26. The van der Waals surface area contributed by atoms with Crippen LogP contribution in [0.5, 0.6) is 0 Å². The van der Waals surface area contributed by atoms with Gasteiger partial charge in [-0.2, -0.15) is 0 Å². The largest absolute Gasteiger partial charge is 0.313 e. The van der Waals surface area contributed by atoms with E-state index in [9.17, 15) is 8.42 Å². The zero-order valence-electron chi connectivity index (χ0n) is 13.4. The van der Waals surface area contributed by atoms with Gasteiger partial charge in [-0.1, -0.05) is 19.8 Å². The monoisotopic (exact) mass is 313 g/mol. The minimum absolute atomic E-state index is 0.114. The molecule has 5 atom stereocenters. The quantitative estimate of drug-likeness (QED) is 0.819. The summed E-state index contributed by atoms with van der Waals surface area (Å²) in [7, 11) is -2.87. The van der Waals surface area contributed by atoms with E-state index >= 15 is 0 Å². The van der Waals surface area contributed by atoms with Crippen LogP contribution in [0.2, 0.25) is 0 Å². The summed E-state index contributed by atoms with van der Waals surface area (Å²) in [6, 6.07) is 0.208. The van der Waals surface area contributed by atoms with E-state index in [2.05, 4.69) is 12.2 Å². The molecule has 2 bridgehead atoms. The molecule has 3 fully saturated rings. The molecular formula is C17H31NO2S. The zero-order chi connectivity index (χ0) is 14.9. The lowest BCUT2D eigenvalue weighted by molar-refractivity contribution is 0.268. The SMILES string of the molecule is CCCNC(CC1CC2CCC1C2)C1CCCCS1(=O)=O. The Labute approximate surface area is 130 Å². The first-order valence-electron chi connectivity index (χ1n) is 9.05. The van der Waals surface area contributed by atoms with E-state index in [1.807, 2.05) is 0 Å². The van der Waals surface area contributed by atoms with Crippen LogP contribution in [-0.4, -0.2) is 32.0 Å². The van der Waals surface area contributed by atoms with Gasteiger partial charge in [-0.05, 0) is 69.2 Å². The minimum Gasteiger partial charge on any atom is -0.313 e. The van der Waals surface area contributed by atoms with Crippen LogP contribution in [0.15, 0.2) is 0 Å². The summed E-state index contributed by atoms with van der Waals surface area (Å²) in [6.07, 6.45) is 10.6. The number of fused-ring (bicyclic) bond motifs is 2. The Kier molecular flexibility index (Phi) is 4.94. The summed E-state index contributed by atoms with van der Waals surface area (Å²) in [4.78, 5) is 0. The summed E-state index contributed by atoms with van der Waals surface area (Å²) in [5, 5.41) is 3.49. The first kappa shape index (κ1) is 15.8. The normalized spacial score (nSPS) is 39.5. The van der Waals surface area contributed by atoms with Crippen molar-refractivity contribution in [3.63, 3.8) is 0 Å². The molecule has 1 saturated heterocycles. The molecule has 0 aromatic heterocycles. The maximum atomic E-state index is 12.5. The van der Waals surface area contributed by atoms with Gasteiger partial charge in [-0.25, -0.2) is 8.42 Å². The highest BCUT2D eigenvalue weighted by molar-refractivity contribution is 7.92. The molecule has 2 aliphatic carbocycles. The zero-order valence-corrected chi connectivity index (χ0v) is 14.2. The van der Waals surface area contributed by atoms with Gasteiger partial charge in [0.2, 0.25) is 0 Å². The molecule has 3 nitrogen and oxygen atoms in total. The maximum Gasteiger partial charge on any atom is 0.154 e. The van der Waals surface area contributed by atoms with Crippen LogP contribution in [0.25, 0.3) is 0 Å². The highest BCUT2D eigenvalue weighted by atomic mass is 32.2. The average molecular weight is 314 g/mol. The number of hydrogen-bond acceptors (Lipinski definition) is 3. The first-order valence-corrected chi connectivity index (χ1v) is 10.8. The van der Waals surface area contributed by atoms with Crippen LogP contribution >= 0.6 is 0 Å². The van der Waals surface area contributed by atoms with Crippen molar-refractivity contribution >= 4 is 9.84 Å². The second kappa shape index (κ2) is 6.57. The van der Waals surface area contributed by atoms with E-state index < -0.39 is 9.84 Å². The molecule has 0 radical (unpaired) electrons. The smallest absolute Gasteiger partial charge is 0.154 e. The van der Waals surface area contributed by atoms with E-state index in [1.54, 1.807) is 0 Å². The molecule has 1 N–H and O–H groups in total. The summed E-state index contributed by atoms with van der Waals surface area (Å²) >= 11 is 0. The molecule has 0 aromatic carbocycles. The van der Waals surface area contributed by atoms with Crippen molar-refractivity contribution in [3.8, 4) is 0 Å². The second-order valence-corrected chi connectivity index (χ2v) is 9.97. The van der Waals surface area contributed by atoms with E-state index in [4.69, 9.17) is 0 Å². The van der Waals surface area contributed by atoms with Crippen LogP contribution < -0.4 is 5.32 Å². The van der Waals surface area contributed by atoms with E-state index in [0.29, 0.717) is 5.75 Å². The Hall–Kier alpha value is -0.0900. The topological polar surface area (TPSA) is 46.2 Å². The third kappa shape index (κ3) is 3.47. The van der Waals surface area contributed by atoms with E-state index in [1.165, 1.54) is 25.7 Å². The lowest BCUT2D eigenvalue weighted by Gasteiger charge is -2.34. The molecule has 3 rings (SSSR count). The molecule has 122 valence electrons. The van der Waals surface area contributed by atoms with Gasteiger partial charge in [0.1, 0.15) is 0 Å². The molecule has 0 amide bonds. The predicted molar refractivity (Wildman–Crippen MR) is 87.1 cm³/mol. The van der Waals surface area contributed by atoms with Crippen molar-refractivity contribution in [1.29, 1.82) is 0 Å². The van der Waals surface area contributed by atoms with Gasteiger partial charge in [-0.3, -0.25) is 0 Å². The lowest BCUT2D eigenvalue weighted by atomic mass is 9.83. The molecule has 5 unspecified atom stereocenters. The molecule has 0 spiro atoms. The molecule has 0 aromatic rings. The van der Waals surface area contributed by atoms with Crippen molar-refractivity contribution in [2.24, 2.45) is 17.8 Å². The summed E-state index contributed by atoms with van der Waals surface area (Å²) in [6.45, 7) is 3.12. The fourth-order valence-electron chi connectivity index (χ4n) is 5.12. The van der Waals surface area contributed by atoms with Gasteiger partial charge in [-0.15, -0.1) is 0 Å². The number of sulfone groups is 1. The van der Waals surface area contributed by atoms with E-state index in [-0.39, 0.29) is 11.3 Å². The van der Waals surface area contributed by atoms with Gasteiger partial charge in [0.15, 0.2) is 9.84 Å². The van der Waals surface area contributed by atoms with Crippen molar-refractivity contribution in [3.05, 3.63) is 0 Å². The number of rotatable bonds is 6. The van der Waals surface area contributed by atoms with Crippen molar-refractivity contribution in [2.75, 3.05) is 12.3 Å². The Balaban J connectivity index is 1.68. The maximum absolute atomic E-state index is 12.5. The standard InChI is InChI=1S/C17H31NO2S/c1-2-8-18-16(17-5-3-4-9-21(17,19)20)12-15-11-13-6-7-14(15)10-13/h13-18H,2-12H2,1H3. The highest BCUT2D eigenvalue weighted by Crippen LogP contribution is 2.50. The molecular weight excluding hydrogens is 282 g/mol. The van der Waals surface area contributed by atoms with Crippen LogP contribution in [-0.2, 0) is 9.84 Å². The second-order valence-electron chi connectivity index (χ2n) is 7.63. The van der Waals surface area contributed by atoms with Gasteiger partial charge in [0.05, 0.1) is 11.0 Å². The van der Waals surface area contributed by atoms with Crippen LogP contribution in [0.4, 0.5) is 0 Å². The van der Waals surface area contributed by atoms with Crippen molar-refractivity contribution in [1.82, 2.24) is 5.32 Å². The Bertz CT molecular complexity index is 448. The molecule has 1 aliphatic heterocycles. The van der Waals surface area contributed by atoms with Gasteiger partial charge >= 0.3 is 0 Å². The van der Waals surface area contributed by atoms with Crippen LogP contribution in [0.1, 0.15) is 64.7 Å². The van der Waals surface area contributed by atoms with Crippen LogP contribution in [0, 0.1) is 17.8 Å². The highest BCUT2D eigenvalue weighted by Gasteiger charge is 2.43. The average Bonchev–Trinajstić information content (AvgIpc) is 3.05. The third-order valence-corrected chi connectivity index (χ3v) is 8.52.